The summed E-state index contributed by atoms with van der Waals surface area (Å²) >= 11 is 0.993. The molecule has 1 aromatic carbocycles. The molecular formula is C13H16N4O4S2. The molecule has 1 fully saturated rings. The summed E-state index contributed by atoms with van der Waals surface area (Å²) in [5.74, 6) is -0.845. The van der Waals surface area contributed by atoms with E-state index in [1.807, 2.05) is 4.90 Å². The van der Waals surface area contributed by atoms with Crippen molar-refractivity contribution in [2.45, 2.75) is 11.3 Å². The van der Waals surface area contributed by atoms with Crippen molar-refractivity contribution in [3.05, 3.63) is 18.2 Å². The van der Waals surface area contributed by atoms with Gasteiger partial charge in [0.25, 0.3) is 0 Å². The van der Waals surface area contributed by atoms with E-state index < -0.39 is 16.0 Å². The van der Waals surface area contributed by atoms with Crippen LogP contribution in [0.25, 0.3) is 11.0 Å². The van der Waals surface area contributed by atoms with Gasteiger partial charge in [0, 0.05) is 32.7 Å². The second kappa shape index (κ2) is 6.48. The Labute approximate surface area is 137 Å². The molecule has 124 valence electrons. The highest BCUT2D eigenvalue weighted by Gasteiger charge is 2.30. The molecule has 1 saturated heterocycles. The molecule has 0 unspecified atom stereocenters. The second-order valence-corrected chi connectivity index (χ2v) is 7.71. The number of aromatic nitrogens is 2. The van der Waals surface area contributed by atoms with Gasteiger partial charge >= 0.3 is 5.97 Å². The number of hydrogen-bond acceptors (Lipinski definition) is 7. The van der Waals surface area contributed by atoms with E-state index in [0.717, 1.165) is 11.7 Å². The van der Waals surface area contributed by atoms with Gasteiger partial charge in [0.2, 0.25) is 10.0 Å². The Morgan fingerprint density at radius 1 is 1.22 bits per heavy atom. The number of nitrogens with zero attached hydrogens (tertiary/aromatic N) is 4. The van der Waals surface area contributed by atoms with Crippen molar-refractivity contribution in [1.29, 1.82) is 0 Å². The third-order valence-electron chi connectivity index (χ3n) is 3.84. The predicted octanol–water partition coefficient (Wildman–Crippen LogP) is 0.472. The van der Waals surface area contributed by atoms with Gasteiger partial charge in [0.1, 0.15) is 15.9 Å². The number of piperazine rings is 1. The van der Waals surface area contributed by atoms with Crippen LogP contribution >= 0.6 is 11.7 Å². The molecule has 0 bridgehead atoms. The summed E-state index contributed by atoms with van der Waals surface area (Å²) in [6.07, 6.45) is 0.0660. The van der Waals surface area contributed by atoms with Crippen LogP contribution in [0.2, 0.25) is 0 Å². The molecule has 1 aliphatic rings. The lowest BCUT2D eigenvalue weighted by molar-refractivity contribution is -0.137. The number of carboxylic acid groups (broad SMARTS) is 1. The number of carboxylic acids is 1. The van der Waals surface area contributed by atoms with Gasteiger partial charge in [-0.2, -0.15) is 13.1 Å². The maximum absolute atomic E-state index is 12.8. The van der Waals surface area contributed by atoms with Gasteiger partial charge in [0.05, 0.1) is 18.1 Å². The number of carbonyl (C=O) groups is 1. The van der Waals surface area contributed by atoms with Crippen molar-refractivity contribution in [2.75, 3.05) is 32.7 Å². The smallest absolute Gasteiger partial charge is 0.304 e. The lowest BCUT2D eigenvalue weighted by Gasteiger charge is -2.33. The SMILES string of the molecule is O=C(O)CCN1CCN(S(=O)(=O)c2cccc3nsnc23)CC1. The first-order valence-corrected chi connectivity index (χ1v) is 9.31. The molecule has 8 nitrogen and oxygen atoms in total. The highest BCUT2D eigenvalue weighted by molar-refractivity contribution is 7.89. The first-order valence-electron chi connectivity index (χ1n) is 7.14. The summed E-state index contributed by atoms with van der Waals surface area (Å²) in [4.78, 5) is 12.8. The molecule has 2 heterocycles. The minimum atomic E-state index is -3.62. The van der Waals surface area contributed by atoms with E-state index in [9.17, 15) is 13.2 Å². The molecular weight excluding hydrogens is 340 g/mol. The number of sulfonamides is 1. The second-order valence-electron chi connectivity index (χ2n) is 5.28. The molecule has 0 aliphatic carbocycles. The summed E-state index contributed by atoms with van der Waals surface area (Å²) in [5.41, 5.74) is 0.988. The Balaban J connectivity index is 1.75. The molecule has 1 aromatic heterocycles. The molecule has 0 atom stereocenters. The Hall–Kier alpha value is -1.62. The Bertz CT molecular complexity index is 812. The average molecular weight is 356 g/mol. The monoisotopic (exact) mass is 356 g/mol. The zero-order valence-electron chi connectivity index (χ0n) is 12.3. The summed E-state index contributed by atoms with van der Waals surface area (Å²) in [6, 6.07) is 4.96. The largest absolute Gasteiger partial charge is 0.481 e. The normalized spacial score (nSPS) is 17.6. The van der Waals surface area contributed by atoms with E-state index in [1.54, 1.807) is 18.2 Å². The fourth-order valence-electron chi connectivity index (χ4n) is 2.58. The quantitative estimate of drug-likeness (QED) is 0.830. The molecule has 2 aromatic rings. The minimum Gasteiger partial charge on any atom is -0.481 e. The number of aliphatic carboxylic acids is 1. The highest BCUT2D eigenvalue weighted by Crippen LogP contribution is 2.25. The Morgan fingerprint density at radius 3 is 2.65 bits per heavy atom. The van der Waals surface area contributed by atoms with Crippen LogP contribution in [0.5, 0.6) is 0 Å². The van der Waals surface area contributed by atoms with Gasteiger partial charge in [-0.15, -0.1) is 0 Å². The van der Waals surface area contributed by atoms with Crippen molar-refractivity contribution in [1.82, 2.24) is 18.0 Å². The fraction of sp³-hybridized carbons (Fsp3) is 0.462. The van der Waals surface area contributed by atoms with Crippen LogP contribution in [0.1, 0.15) is 6.42 Å². The van der Waals surface area contributed by atoms with Crippen molar-refractivity contribution >= 4 is 38.8 Å². The number of hydrogen-bond donors (Lipinski definition) is 1. The van der Waals surface area contributed by atoms with Crippen LogP contribution in [0.4, 0.5) is 0 Å². The van der Waals surface area contributed by atoms with E-state index in [0.29, 0.717) is 43.8 Å². The maximum atomic E-state index is 12.8. The standard InChI is InChI=1S/C13H16N4O4S2/c18-12(19)4-5-16-6-8-17(9-7-16)23(20,21)11-3-1-2-10-13(11)15-22-14-10/h1-3H,4-9H2,(H,18,19). The summed E-state index contributed by atoms with van der Waals surface area (Å²) in [7, 11) is -3.62. The maximum Gasteiger partial charge on any atom is 0.304 e. The van der Waals surface area contributed by atoms with E-state index in [2.05, 4.69) is 8.75 Å². The van der Waals surface area contributed by atoms with Crippen LogP contribution < -0.4 is 0 Å². The van der Waals surface area contributed by atoms with Gasteiger partial charge in [-0.05, 0) is 12.1 Å². The minimum absolute atomic E-state index is 0.0660. The third kappa shape index (κ3) is 3.34. The van der Waals surface area contributed by atoms with Crippen LogP contribution in [0.3, 0.4) is 0 Å². The third-order valence-corrected chi connectivity index (χ3v) is 6.31. The van der Waals surface area contributed by atoms with Crippen molar-refractivity contribution in [3.63, 3.8) is 0 Å². The molecule has 0 radical (unpaired) electrons. The Morgan fingerprint density at radius 2 is 1.96 bits per heavy atom. The van der Waals surface area contributed by atoms with Gasteiger partial charge in [-0.3, -0.25) is 4.79 Å². The Kier molecular flexibility index (Phi) is 4.57. The lowest BCUT2D eigenvalue weighted by atomic mass is 10.3. The molecule has 0 spiro atoms. The molecule has 0 amide bonds. The van der Waals surface area contributed by atoms with Gasteiger partial charge in [-0.1, -0.05) is 6.07 Å². The number of rotatable bonds is 5. The predicted molar refractivity (Wildman–Crippen MR) is 84.9 cm³/mol. The van der Waals surface area contributed by atoms with E-state index in [1.165, 1.54) is 4.31 Å². The first kappa shape index (κ1) is 16.2. The van der Waals surface area contributed by atoms with Crippen LogP contribution in [-0.2, 0) is 14.8 Å². The van der Waals surface area contributed by atoms with Crippen LogP contribution in [0.15, 0.2) is 23.1 Å². The van der Waals surface area contributed by atoms with E-state index in [-0.39, 0.29) is 11.3 Å². The van der Waals surface area contributed by atoms with E-state index in [4.69, 9.17) is 5.11 Å². The average Bonchev–Trinajstić information content (AvgIpc) is 3.01. The highest BCUT2D eigenvalue weighted by atomic mass is 32.2. The topological polar surface area (TPSA) is 104 Å². The number of benzene rings is 1. The summed E-state index contributed by atoms with van der Waals surface area (Å²) < 4.78 is 35.2. The number of fused-ring (bicyclic) bond motifs is 1. The van der Waals surface area contributed by atoms with Crippen molar-refractivity contribution in [3.8, 4) is 0 Å². The molecule has 0 saturated carbocycles. The fourth-order valence-corrected chi connectivity index (χ4v) is 4.75. The van der Waals surface area contributed by atoms with Gasteiger partial charge < -0.3 is 10.0 Å². The van der Waals surface area contributed by atoms with Gasteiger partial charge in [0.15, 0.2) is 0 Å². The summed E-state index contributed by atoms with van der Waals surface area (Å²) in [6.45, 7) is 2.18. The molecule has 10 heteroatoms. The van der Waals surface area contributed by atoms with Gasteiger partial charge in [-0.25, -0.2) is 8.42 Å². The first-order chi connectivity index (χ1) is 11.0. The van der Waals surface area contributed by atoms with Crippen molar-refractivity contribution < 1.29 is 18.3 Å². The van der Waals surface area contributed by atoms with Crippen molar-refractivity contribution in [2.24, 2.45) is 0 Å². The zero-order valence-corrected chi connectivity index (χ0v) is 13.9. The molecule has 1 N–H and O–H groups in total. The summed E-state index contributed by atoms with van der Waals surface area (Å²) in [5, 5.41) is 8.71. The molecule has 3 rings (SSSR count). The molecule has 23 heavy (non-hydrogen) atoms. The van der Waals surface area contributed by atoms with Crippen LogP contribution in [-0.4, -0.2) is 70.2 Å². The molecule has 1 aliphatic heterocycles. The van der Waals surface area contributed by atoms with E-state index >= 15 is 0 Å². The lowest BCUT2D eigenvalue weighted by Crippen LogP contribution is -2.48. The van der Waals surface area contributed by atoms with Crippen LogP contribution in [0, 0.1) is 0 Å². The zero-order chi connectivity index (χ0) is 16.4.